The number of hydrogen-bond acceptors (Lipinski definition) is 3. The average Bonchev–Trinajstić information content (AvgIpc) is 2.32. The molecule has 0 bridgehead atoms. The number of piperidine rings is 1. The van der Waals surface area contributed by atoms with Gasteiger partial charge in [-0.3, -0.25) is 0 Å². The molecule has 1 aliphatic heterocycles. The molecule has 0 saturated carbocycles. The van der Waals surface area contributed by atoms with Crippen LogP contribution in [-0.4, -0.2) is 24.6 Å². The van der Waals surface area contributed by atoms with Gasteiger partial charge in [-0.2, -0.15) is 0 Å². The zero-order valence-corrected chi connectivity index (χ0v) is 12.1. The van der Waals surface area contributed by atoms with Crippen LogP contribution in [0.15, 0.2) is 16.6 Å². The minimum atomic E-state index is 0.348. The highest BCUT2D eigenvalue weighted by molar-refractivity contribution is 9.10. The summed E-state index contributed by atoms with van der Waals surface area (Å²) in [5.41, 5.74) is 1.38. The summed E-state index contributed by atoms with van der Waals surface area (Å²) >= 11 is 3.47. The number of anilines is 1. The largest absolute Gasteiger partial charge is 0.369 e. The molecule has 0 amide bonds. The predicted octanol–water partition coefficient (Wildman–Crippen LogP) is 2.95. The molecule has 3 nitrogen and oxygen atoms in total. The van der Waals surface area contributed by atoms with Gasteiger partial charge in [-0.15, -0.1) is 0 Å². The Hall–Kier alpha value is -0.610. The number of pyridine rings is 1. The fourth-order valence-corrected chi connectivity index (χ4v) is 2.44. The van der Waals surface area contributed by atoms with E-state index in [4.69, 9.17) is 0 Å². The number of halogens is 1. The average molecular weight is 298 g/mol. The summed E-state index contributed by atoms with van der Waals surface area (Å²) < 4.78 is 1.06. The summed E-state index contributed by atoms with van der Waals surface area (Å²) in [7, 11) is 0. The van der Waals surface area contributed by atoms with Gasteiger partial charge in [0.15, 0.2) is 0 Å². The van der Waals surface area contributed by atoms with Crippen LogP contribution in [0.25, 0.3) is 0 Å². The van der Waals surface area contributed by atoms with Crippen molar-refractivity contribution in [3.05, 3.63) is 22.3 Å². The predicted molar refractivity (Wildman–Crippen MR) is 75.4 cm³/mol. The third-order valence-corrected chi connectivity index (χ3v) is 4.24. The molecule has 2 heterocycles. The van der Waals surface area contributed by atoms with Gasteiger partial charge in [-0.25, -0.2) is 4.98 Å². The van der Waals surface area contributed by atoms with Crippen LogP contribution in [0.1, 0.15) is 25.5 Å². The van der Waals surface area contributed by atoms with Crippen molar-refractivity contribution in [2.75, 3.05) is 25.0 Å². The zero-order valence-electron chi connectivity index (χ0n) is 10.5. The Bertz CT molecular complexity index is 386. The van der Waals surface area contributed by atoms with Crippen LogP contribution >= 0.6 is 15.9 Å². The summed E-state index contributed by atoms with van der Waals surface area (Å²) in [5, 5.41) is 6.92. The Morgan fingerprint density at radius 3 is 3.00 bits per heavy atom. The first-order valence-corrected chi connectivity index (χ1v) is 6.96. The molecule has 0 aliphatic carbocycles. The van der Waals surface area contributed by atoms with Gasteiger partial charge in [0.25, 0.3) is 0 Å². The Kier molecular flexibility index (Phi) is 4.05. The second kappa shape index (κ2) is 5.36. The van der Waals surface area contributed by atoms with Gasteiger partial charge in [0, 0.05) is 17.6 Å². The number of nitrogens with zero attached hydrogens (tertiary/aromatic N) is 1. The summed E-state index contributed by atoms with van der Waals surface area (Å²) in [6.45, 7) is 7.58. The van der Waals surface area contributed by atoms with Crippen LogP contribution in [0.4, 0.5) is 5.82 Å². The van der Waals surface area contributed by atoms with Gasteiger partial charge in [0.2, 0.25) is 0 Å². The zero-order chi connectivity index (χ0) is 12.3. The standard InChI is InChI=1S/C13H20BrN3/c1-10-11(14)4-5-12(17-10)16-9-13(2)6-3-7-15-8-13/h4-5,15H,3,6-9H2,1-2H3,(H,16,17). The Morgan fingerprint density at radius 1 is 1.53 bits per heavy atom. The molecule has 0 radical (unpaired) electrons. The van der Waals surface area contributed by atoms with Crippen molar-refractivity contribution in [2.45, 2.75) is 26.7 Å². The lowest BCUT2D eigenvalue weighted by Gasteiger charge is -2.34. The van der Waals surface area contributed by atoms with Crippen LogP contribution < -0.4 is 10.6 Å². The van der Waals surface area contributed by atoms with Crippen molar-refractivity contribution in [1.29, 1.82) is 0 Å². The maximum atomic E-state index is 4.51. The molecule has 1 aliphatic rings. The van der Waals surface area contributed by atoms with E-state index >= 15 is 0 Å². The molecular weight excluding hydrogens is 278 g/mol. The molecule has 17 heavy (non-hydrogen) atoms. The summed E-state index contributed by atoms with van der Waals surface area (Å²) in [5.74, 6) is 0.970. The first-order valence-electron chi connectivity index (χ1n) is 6.17. The topological polar surface area (TPSA) is 37.0 Å². The smallest absolute Gasteiger partial charge is 0.126 e. The van der Waals surface area contributed by atoms with Crippen LogP contribution in [0.3, 0.4) is 0 Å². The molecule has 1 aromatic rings. The van der Waals surface area contributed by atoms with Crippen LogP contribution in [0.5, 0.6) is 0 Å². The number of hydrogen-bond donors (Lipinski definition) is 2. The second-order valence-corrected chi connectivity index (χ2v) is 6.06. The molecule has 0 aromatic carbocycles. The van der Waals surface area contributed by atoms with Crippen LogP contribution in [-0.2, 0) is 0 Å². The first kappa shape index (κ1) is 12.8. The lowest BCUT2D eigenvalue weighted by molar-refractivity contribution is 0.253. The summed E-state index contributed by atoms with van der Waals surface area (Å²) in [6.07, 6.45) is 2.55. The molecule has 94 valence electrons. The van der Waals surface area contributed by atoms with Crippen molar-refractivity contribution in [3.8, 4) is 0 Å². The van der Waals surface area contributed by atoms with Gasteiger partial charge < -0.3 is 10.6 Å². The molecule has 4 heteroatoms. The summed E-state index contributed by atoms with van der Waals surface area (Å²) in [6, 6.07) is 4.07. The third kappa shape index (κ3) is 3.42. The molecule has 2 N–H and O–H groups in total. The van der Waals surface area contributed by atoms with Gasteiger partial charge >= 0.3 is 0 Å². The minimum absolute atomic E-state index is 0.348. The van der Waals surface area contributed by atoms with E-state index in [2.05, 4.69) is 38.5 Å². The number of rotatable bonds is 3. The molecule has 1 aromatic heterocycles. The highest BCUT2D eigenvalue weighted by atomic mass is 79.9. The van der Waals surface area contributed by atoms with Crippen LogP contribution in [0.2, 0.25) is 0 Å². The molecule has 1 unspecified atom stereocenters. The quantitative estimate of drug-likeness (QED) is 0.901. The van der Waals surface area contributed by atoms with E-state index in [1.807, 2.05) is 19.1 Å². The molecule has 0 spiro atoms. The molecule has 1 saturated heterocycles. The SMILES string of the molecule is Cc1nc(NCC2(C)CCCNC2)ccc1Br. The van der Waals surface area contributed by atoms with E-state index in [1.165, 1.54) is 12.8 Å². The fourth-order valence-electron chi connectivity index (χ4n) is 2.22. The number of nitrogens with one attached hydrogen (secondary N) is 2. The first-order chi connectivity index (χ1) is 8.09. The Labute approximate surface area is 112 Å². The molecular formula is C13H20BrN3. The molecule has 1 atom stereocenters. The van der Waals surface area contributed by atoms with E-state index in [-0.39, 0.29) is 0 Å². The lowest BCUT2D eigenvalue weighted by atomic mass is 9.83. The lowest BCUT2D eigenvalue weighted by Crippen LogP contribution is -2.42. The number of aromatic nitrogens is 1. The van der Waals surface area contributed by atoms with E-state index in [9.17, 15) is 0 Å². The van der Waals surface area contributed by atoms with Crippen molar-refractivity contribution >= 4 is 21.7 Å². The number of aryl methyl sites for hydroxylation is 1. The Morgan fingerprint density at radius 2 is 2.35 bits per heavy atom. The van der Waals surface area contributed by atoms with Crippen molar-refractivity contribution in [1.82, 2.24) is 10.3 Å². The van der Waals surface area contributed by atoms with Gasteiger partial charge in [-0.05, 0) is 59.8 Å². The second-order valence-electron chi connectivity index (χ2n) is 5.21. The highest BCUT2D eigenvalue weighted by Crippen LogP contribution is 2.26. The highest BCUT2D eigenvalue weighted by Gasteiger charge is 2.26. The fraction of sp³-hybridized carbons (Fsp3) is 0.615. The van der Waals surface area contributed by atoms with Crippen LogP contribution in [0, 0.1) is 12.3 Å². The maximum absolute atomic E-state index is 4.51. The van der Waals surface area contributed by atoms with E-state index < -0.39 is 0 Å². The monoisotopic (exact) mass is 297 g/mol. The molecule has 1 fully saturated rings. The Balaban J connectivity index is 1.94. The van der Waals surface area contributed by atoms with Crippen molar-refractivity contribution in [3.63, 3.8) is 0 Å². The van der Waals surface area contributed by atoms with Crippen molar-refractivity contribution < 1.29 is 0 Å². The van der Waals surface area contributed by atoms with Crippen molar-refractivity contribution in [2.24, 2.45) is 5.41 Å². The normalized spacial score (nSPS) is 24.6. The summed E-state index contributed by atoms with van der Waals surface area (Å²) in [4.78, 5) is 4.51. The maximum Gasteiger partial charge on any atom is 0.126 e. The van der Waals surface area contributed by atoms with E-state index in [0.717, 1.165) is 35.6 Å². The minimum Gasteiger partial charge on any atom is -0.369 e. The van der Waals surface area contributed by atoms with Gasteiger partial charge in [0.05, 0.1) is 5.69 Å². The van der Waals surface area contributed by atoms with Gasteiger partial charge in [0.1, 0.15) is 5.82 Å². The third-order valence-electron chi connectivity index (χ3n) is 3.40. The van der Waals surface area contributed by atoms with Gasteiger partial charge in [-0.1, -0.05) is 6.92 Å². The van der Waals surface area contributed by atoms with E-state index in [1.54, 1.807) is 0 Å². The van der Waals surface area contributed by atoms with E-state index in [0.29, 0.717) is 5.41 Å². The molecule has 2 rings (SSSR count).